The predicted molar refractivity (Wildman–Crippen MR) is 51.4 cm³/mol. The Hall–Kier alpha value is -1.71. The van der Waals surface area contributed by atoms with E-state index in [1.807, 2.05) is 26.0 Å². The van der Waals surface area contributed by atoms with E-state index in [2.05, 4.69) is 11.5 Å². The Balaban J connectivity index is 0.000000310. The molecule has 0 saturated carbocycles. The summed E-state index contributed by atoms with van der Waals surface area (Å²) >= 11 is 0. The molecule has 0 bridgehead atoms. The van der Waals surface area contributed by atoms with Crippen LogP contribution in [0.3, 0.4) is 0 Å². The molecule has 1 rings (SSSR count). The van der Waals surface area contributed by atoms with Crippen LogP contribution >= 0.6 is 0 Å². The fraction of sp³-hybridized carbons (Fsp3) is 0.222. The number of benzene rings is 1. The molecule has 0 aliphatic heterocycles. The molecule has 0 unspecified atom stereocenters. The molecule has 2 amide bonds. The summed E-state index contributed by atoms with van der Waals surface area (Å²) in [4.78, 5) is 9.00. The van der Waals surface area contributed by atoms with Gasteiger partial charge in [0.2, 0.25) is 0 Å². The minimum atomic E-state index is -0.833. The van der Waals surface area contributed by atoms with Crippen LogP contribution in [0.5, 0.6) is 5.75 Å². The van der Waals surface area contributed by atoms with E-state index in [1.54, 1.807) is 6.07 Å². The van der Waals surface area contributed by atoms with Gasteiger partial charge in [-0.15, -0.1) is 0 Å². The van der Waals surface area contributed by atoms with Gasteiger partial charge in [-0.1, -0.05) is 12.1 Å². The van der Waals surface area contributed by atoms with Crippen molar-refractivity contribution in [2.45, 2.75) is 13.8 Å². The molecule has 0 atom stereocenters. The van der Waals surface area contributed by atoms with Gasteiger partial charge < -0.3 is 16.6 Å². The molecule has 0 aliphatic rings. The molecule has 4 nitrogen and oxygen atoms in total. The van der Waals surface area contributed by atoms with Crippen LogP contribution in [0, 0.1) is 13.8 Å². The summed E-state index contributed by atoms with van der Waals surface area (Å²) in [6.45, 7) is 3.89. The van der Waals surface area contributed by atoms with Crippen LogP contribution in [0.1, 0.15) is 11.1 Å². The van der Waals surface area contributed by atoms with Gasteiger partial charge in [-0.05, 0) is 31.0 Å². The summed E-state index contributed by atoms with van der Waals surface area (Å²) in [5.74, 6) is 0.384. The summed E-state index contributed by atoms with van der Waals surface area (Å²) in [6.07, 6.45) is 0. The van der Waals surface area contributed by atoms with Crippen molar-refractivity contribution in [2.75, 3.05) is 0 Å². The number of aromatic hydroxyl groups is 1. The van der Waals surface area contributed by atoms with Crippen LogP contribution in [0.4, 0.5) is 4.79 Å². The maximum absolute atomic E-state index is 9.10. The van der Waals surface area contributed by atoms with Crippen molar-refractivity contribution in [3.05, 3.63) is 29.3 Å². The monoisotopic (exact) mass is 182 g/mol. The molecule has 13 heavy (non-hydrogen) atoms. The molecular formula is C9H14N2O2. The van der Waals surface area contributed by atoms with Gasteiger partial charge in [0, 0.05) is 0 Å². The number of carbonyl (C=O) groups is 1. The SMILES string of the molecule is Cc1cccc(O)c1C.NC(N)=O. The predicted octanol–water partition coefficient (Wildman–Crippen LogP) is 1.03. The van der Waals surface area contributed by atoms with E-state index < -0.39 is 6.03 Å². The summed E-state index contributed by atoms with van der Waals surface area (Å²) in [5, 5.41) is 9.10. The third-order valence-corrected chi connectivity index (χ3v) is 1.58. The number of amides is 2. The van der Waals surface area contributed by atoms with Crippen LogP contribution < -0.4 is 11.5 Å². The molecule has 0 saturated heterocycles. The number of nitrogens with two attached hydrogens (primary N) is 2. The first kappa shape index (κ1) is 11.3. The normalized spacial score (nSPS) is 8.46. The largest absolute Gasteiger partial charge is 0.508 e. The smallest absolute Gasteiger partial charge is 0.309 e. The first-order chi connectivity index (χ1) is 5.95. The van der Waals surface area contributed by atoms with E-state index in [0.717, 1.165) is 11.1 Å². The number of urea groups is 1. The number of aryl methyl sites for hydroxylation is 1. The standard InChI is InChI=1S/C8H10O.CH4N2O/c1-6-4-3-5-8(9)7(6)2;2-1(3)4/h3-5,9H,1-2H3;(H4,2,3,4). The van der Waals surface area contributed by atoms with Crippen molar-refractivity contribution in [1.82, 2.24) is 0 Å². The van der Waals surface area contributed by atoms with Crippen LogP contribution in [0.2, 0.25) is 0 Å². The Bertz CT molecular complexity index is 273. The number of primary amides is 2. The van der Waals surface area contributed by atoms with Gasteiger partial charge in [-0.2, -0.15) is 0 Å². The summed E-state index contributed by atoms with van der Waals surface area (Å²) in [6, 6.07) is 4.69. The molecular weight excluding hydrogens is 168 g/mol. The number of carbonyl (C=O) groups excluding carboxylic acids is 1. The number of hydrogen-bond acceptors (Lipinski definition) is 2. The molecule has 0 radical (unpaired) electrons. The van der Waals surface area contributed by atoms with E-state index in [9.17, 15) is 0 Å². The zero-order chi connectivity index (χ0) is 10.4. The summed E-state index contributed by atoms with van der Waals surface area (Å²) in [5.41, 5.74) is 10.6. The molecule has 0 aliphatic carbocycles. The maximum Gasteiger partial charge on any atom is 0.309 e. The number of phenols is 1. The molecule has 4 heteroatoms. The average Bonchev–Trinajstić information content (AvgIpc) is 1.99. The lowest BCUT2D eigenvalue weighted by Gasteiger charge is -1.99. The number of rotatable bonds is 0. The first-order valence-electron chi connectivity index (χ1n) is 3.75. The minimum absolute atomic E-state index is 0.384. The van der Waals surface area contributed by atoms with E-state index >= 15 is 0 Å². The molecule has 1 aromatic carbocycles. The van der Waals surface area contributed by atoms with Gasteiger partial charge in [0.15, 0.2) is 0 Å². The molecule has 0 aromatic heterocycles. The fourth-order valence-electron chi connectivity index (χ4n) is 0.736. The zero-order valence-electron chi connectivity index (χ0n) is 7.74. The highest BCUT2D eigenvalue weighted by atomic mass is 16.3. The second kappa shape index (κ2) is 5.03. The maximum atomic E-state index is 9.10. The molecule has 0 spiro atoms. The summed E-state index contributed by atoms with van der Waals surface area (Å²) in [7, 11) is 0. The van der Waals surface area contributed by atoms with Crippen LogP contribution in [0.15, 0.2) is 18.2 Å². The van der Waals surface area contributed by atoms with Gasteiger partial charge in [0.1, 0.15) is 5.75 Å². The highest BCUT2D eigenvalue weighted by Gasteiger charge is 1.94. The highest BCUT2D eigenvalue weighted by Crippen LogP contribution is 2.17. The van der Waals surface area contributed by atoms with Crippen LogP contribution in [-0.2, 0) is 0 Å². The Morgan fingerprint density at radius 1 is 1.31 bits per heavy atom. The van der Waals surface area contributed by atoms with E-state index in [1.165, 1.54) is 0 Å². The zero-order valence-corrected chi connectivity index (χ0v) is 7.74. The van der Waals surface area contributed by atoms with Crippen molar-refractivity contribution in [3.63, 3.8) is 0 Å². The molecule has 1 aromatic rings. The van der Waals surface area contributed by atoms with Gasteiger partial charge in [-0.3, -0.25) is 0 Å². The van der Waals surface area contributed by atoms with Crippen LogP contribution in [0.25, 0.3) is 0 Å². The van der Waals surface area contributed by atoms with E-state index in [0.29, 0.717) is 5.75 Å². The van der Waals surface area contributed by atoms with Gasteiger partial charge in [0.05, 0.1) is 0 Å². The third kappa shape index (κ3) is 4.68. The first-order valence-corrected chi connectivity index (χ1v) is 3.75. The fourth-order valence-corrected chi connectivity index (χ4v) is 0.736. The molecule has 0 heterocycles. The van der Waals surface area contributed by atoms with Gasteiger partial charge in [0.25, 0.3) is 0 Å². The Kier molecular flexibility index (Phi) is 4.37. The lowest BCUT2D eigenvalue weighted by molar-refractivity contribution is 0.256. The van der Waals surface area contributed by atoms with Crippen molar-refractivity contribution in [3.8, 4) is 5.75 Å². The minimum Gasteiger partial charge on any atom is -0.508 e. The van der Waals surface area contributed by atoms with Crippen molar-refractivity contribution >= 4 is 6.03 Å². The average molecular weight is 182 g/mol. The van der Waals surface area contributed by atoms with E-state index in [4.69, 9.17) is 9.90 Å². The van der Waals surface area contributed by atoms with Crippen LogP contribution in [-0.4, -0.2) is 11.1 Å². The number of hydrogen-bond donors (Lipinski definition) is 3. The Morgan fingerprint density at radius 3 is 2.08 bits per heavy atom. The van der Waals surface area contributed by atoms with E-state index in [-0.39, 0.29) is 0 Å². The molecule has 72 valence electrons. The molecule has 0 fully saturated rings. The highest BCUT2D eigenvalue weighted by molar-refractivity contribution is 5.69. The van der Waals surface area contributed by atoms with Gasteiger partial charge in [-0.25, -0.2) is 4.79 Å². The lowest BCUT2D eigenvalue weighted by Crippen LogP contribution is -2.18. The topological polar surface area (TPSA) is 89.3 Å². The lowest BCUT2D eigenvalue weighted by atomic mass is 10.1. The molecule has 5 N–H and O–H groups in total. The second-order valence-corrected chi connectivity index (χ2v) is 2.62. The Morgan fingerprint density at radius 2 is 1.77 bits per heavy atom. The van der Waals surface area contributed by atoms with Crippen molar-refractivity contribution in [2.24, 2.45) is 11.5 Å². The van der Waals surface area contributed by atoms with Gasteiger partial charge >= 0.3 is 6.03 Å². The quantitative estimate of drug-likeness (QED) is 0.559. The summed E-state index contributed by atoms with van der Waals surface area (Å²) < 4.78 is 0. The second-order valence-electron chi connectivity index (χ2n) is 2.62. The number of phenolic OH excluding ortho intramolecular Hbond substituents is 1. The Labute approximate surface area is 77.2 Å². The third-order valence-electron chi connectivity index (χ3n) is 1.58. The van der Waals surface area contributed by atoms with Crippen molar-refractivity contribution < 1.29 is 9.90 Å². The van der Waals surface area contributed by atoms with Crippen molar-refractivity contribution in [1.29, 1.82) is 0 Å².